The second-order valence-corrected chi connectivity index (χ2v) is 4.82. The average Bonchev–Trinajstić information content (AvgIpc) is 2.61. The molecular formula is C12H13NOS. The maximum Gasteiger partial charge on any atom is 0.119 e. The molecule has 0 aliphatic heterocycles. The van der Waals surface area contributed by atoms with Gasteiger partial charge in [-0.2, -0.15) is 0 Å². The van der Waals surface area contributed by atoms with Gasteiger partial charge < -0.3 is 5.11 Å². The highest BCUT2D eigenvalue weighted by atomic mass is 32.1. The maximum atomic E-state index is 9.01. The van der Waals surface area contributed by atoms with E-state index in [9.17, 15) is 0 Å². The number of aromatic nitrogens is 1. The van der Waals surface area contributed by atoms with Crippen molar-refractivity contribution in [3.63, 3.8) is 0 Å². The zero-order valence-corrected chi connectivity index (χ0v) is 9.64. The van der Waals surface area contributed by atoms with Crippen molar-refractivity contribution in [2.24, 2.45) is 0 Å². The van der Waals surface area contributed by atoms with Crippen LogP contribution >= 0.6 is 11.3 Å². The highest BCUT2D eigenvalue weighted by Gasteiger charge is 2.08. The number of hydrogen-bond acceptors (Lipinski definition) is 3. The summed E-state index contributed by atoms with van der Waals surface area (Å²) < 4.78 is 0. The lowest BCUT2D eigenvalue weighted by Gasteiger charge is -1.98. The first-order valence-electron chi connectivity index (χ1n) is 4.85. The Morgan fingerprint density at radius 3 is 2.40 bits per heavy atom. The predicted molar refractivity (Wildman–Crippen MR) is 62.9 cm³/mol. The summed E-state index contributed by atoms with van der Waals surface area (Å²) in [7, 11) is 0. The number of hydrogen-bond donors (Lipinski definition) is 1. The molecular weight excluding hydrogens is 206 g/mol. The highest BCUT2D eigenvalue weighted by molar-refractivity contribution is 7.12. The number of nitrogens with zero attached hydrogens (tertiary/aromatic N) is 1. The minimum absolute atomic E-state index is 0.0252. The van der Waals surface area contributed by atoms with Crippen molar-refractivity contribution < 1.29 is 5.11 Å². The third kappa shape index (κ3) is 2.08. The number of benzene rings is 1. The fraction of sp³-hybridized carbons (Fsp3) is 0.250. The van der Waals surface area contributed by atoms with Gasteiger partial charge >= 0.3 is 0 Å². The Bertz CT molecular complexity index is 459. The van der Waals surface area contributed by atoms with Crippen LogP contribution in [0.2, 0.25) is 0 Å². The Kier molecular flexibility index (Phi) is 2.84. The zero-order chi connectivity index (χ0) is 10.8. The quantitative estimate of drug-likeness (QED) is 0.842. The SMILES string of the molecule is Cc1ccc(-c2nc(CO)sc2C)cc1. The van der Waals surface area contributed by atoms with E-state index in [1.165, 1.54) is 5.56 Å². The van der Waals surface area contributed by atoms with E-state index >= 15 is 0 Å². The molecule has 0 aliphatic carbocycles. The maximum absolute atomic E-state index is 9.01. The molecule has 0 saturated carbocycles. The van der Waals surface area contributed by atoms with Crippen LogP contribution < -0.4 is 0 Å². The second-order valence-electron chi connectivity index (χ2n) is 3.54. The minimum atomic E-state index is 0.0252. The molecule has 0 aliphatic rings. The van der Waals surface area contributed by atoms with E-state index in [2.05, 4.69) is 36.2 Å². The first-order chi connectivity index (χ1) is 7.20. The summed E-state index contributed by atoms with van der Waals surface area (Å²) in [6.07, 6.45) is 0. The van der Waals surface area contributed by atoms with Crippen molar-refractivity contribution in [3.8, 4) is 11.3 Å². The van der Waals surface area contributed by atoms with Gasteiger partial charge in [-0.3, -0.25) is 0 Å². The van der Waals surface area contributed by atoms with E-state index in [1.54, 1.807) is 11.3 Å². The molecule has 2 nitrogen and oxygen atoms in total. The van der Waals surface area contributed by atoms with Crippen molar-refractivity contribution in [1.82, 2.24) is 4.98 Å². The van der Waals surface area contributed by atoms with Gasteiger partial charge in [0.1, 0.15) is 5.01 Å². The summed E-state index contributed by atoms with van der Waals surface area (Å²) >= 11 is 1.55. The highest BCUT2D eigenvalue weighted by Crippen LogP contribution is 2.27. The number of thiazole rings is 1. The van der Waals surface area contributed by atoms with Gasteiger partial charge in [-0.05, 0) is 13.8 Å². The Balaban J connectivity index is 2.44. The van der Waals surface area contributed by atoms with Crippen LogP contribution in [0.5, 0.6) is 0 Å². The largest absolute Gasteiger partial charge is 0.389 e. The monoisotopic (exact) mass is 219 g/mol. The minimum Gasteiger partial charge on any atom is -0.389 e. The lowest BCUT2D eigenvalue weighted by atomic mass is 10.1. The molecule has 0 bridgehead atoms. The van der Waals surface area contributed by atoms with Gasteiger partial charge in [0.05, 0.1) is 12.3 Å². The molecule has 1 N–H and O–H groups in total. The van der Waals surface area contributed by atoms with Crippen LogP contribution in [0.1, 0.15) is 15.4 Å². The summed E-state index contributed by atoms with van der Waals surface area (Å²) in [6, 6.07) is 8.29. The molecule has 0 unspecified atom stereocenters. The molecule has 1 heterocycles. The van der Waals surface area contributed by atoms with Crippen LogP contribution in [0.15, 0.2) is 24.3 Å². The van der Waals surface area contributed by atoms with Crippen molar-refractivity contribution in [1.29, 1.82) is 0 Å². The van der Waals surface area contributed by atoms with Gasteiger partial charge in [-0.15, -0.1) is 11.3 Å². The smallest absolute Gasteiger partial charge is 0.119 e. The van der Waals surface area contributed by atoms with E-state index in [0.717, 1.165) is 21.1 Å². The molecule has 0 radical (unpaired) electrons. The summed E-state index contributed by atoms with van der Waals surface area (Å²) in [5, 5.41) is 9.79. The van der Waals surface area contributed by atoms with Gasteiger partial charge in [0.15, 0.2) is 0 Å². The van der Waals surface area contributed by atoms with Gasteiger partial charge in [0.25, 0.3) is 0 Å². The molecule has 2 rings (SSSR count). The lowest BCUT2D eigenvalue weighted by molar-refractivity contribution is 0.281. The molecule has 0 fully saturated rings. The molecule has 1 aromatic carbocycles. The Hall–Kier alpha value is -1.19. The van der Waals surface area contributed by atoms with E-state index in [0.29, 0.717) is 0 Å². The van der Waals surface area contributed by atoms with Crippen LogP contribution in [0.3, 0.4) is 0 Å². The molecule has 1 aromatic heterocycles. The van der Waals surface area contributed by atoms with Crippen LogP contribution in [0.4, 0.5) is 0 Å². The Morgan fingerprint density at radius 2 is 1.87 bits per heavy atom. The van der Waals surface area contributed by atoms with Crippen molar-refractivity contribution in [2.45, 2.75) is 20.5 Å². The van der Waals surface area contributed by atoms with Crippen LogP contribution in [0.25, 0.3) is 11.3 Å². The van der Waals surface area contributed by atoms with E-state index in [1.807, 2.05) is 6.92 Å². The normalized spacial score (nSPS) is 10.6. The Labute approximate surface area is 93.2 Å². The van der Waals surface area contributed by atoms with Gasteiger partial charge in [-0.25, -0.2) is 4.98 Å². The first kappa shape index (κ1) is 10.3. The fourth-order valence-corrected chi connectivity index (χ4v) is 2.31. The Morgan fingerprint density at radius 1 is 1.20 bits per heavy atom. The molecule has 15 heavy (non-hydrogen) atoms. The number of rotatable bonds is 2. The summed E-state index contributed by atoms with van der Waals surface area (Å²) in [5.41, 5.74) is 3.35. The van der Waals surface area contributed by atoms with Gasteiger partial charge in [0, 0.05) is 10.4 Å². The van der Waals surface area contributed by atoms with E-state index < -0.39 is 0 Å². The summed E-state index contributed by atoms with van der Waals surface area (Å²) in [6.45, 7) is 4.13. The summed E-state index contributed by atoms with van der Waals surface area (Å²) in [5.74, 6) is 0. The lowest BCUT2D eigenvalue weighted by Crippen LogP contribution is -1.83. The van der Waals surface area contributed by atoms with Crippen molar-refractivity contribution >= 4 is 11.3 Å². The topological polar surface area (TPSA) is 33.1 Å². The molecule has 0 amide bonds. The summed E-state index contributed by atoms with van der Waals surface area (Å²) in [4.78, 5) is 5.55. The number of aliphatic hydroxyl groups is 1. The van der Waals surface area contributed by atoms with Gasteiger partial charge in [-0.1, -0.05) is 29.8 Å². The third-order valence-electron chi connectivity index (χ3n) is 2.30. The molecule has 2 aromatic rings. The van der Waals surface area contributed by atoms with E-state index in [-0.39, 0.29) is 6.61 Å². The zero-order valence-electron chi connectivity index (χ0n) is 8.82. The van der Waals surface area contributed by atoms with Crippen molar-refractivity contribution in [2.75, 3.05) is 0 Å². The molecule has 3 heteroatoms. The number of aliphatic hydroxyl groups excluding tert-OH is 1. The van der Waals surface area contributed by atoms with Crippen LogP contribution in [-0.4, -0.2) is 10.1 Å². The molecule has 0 saturated heterocycles. The molecule has 0 spiro atoms. The predicted octanol–water partition coefficient (Wildman–Crippen LogP) is 2.92. The first-order valence-corrected chi connectivity index (χ1v) is 5.66. The average molecular weight is 219 g/mol. The van der Waals surface area contributed by atoms with Gasteiger partial charge in [0.2, 0.25) is 0 Å². The standard InChI is InChI=1S/C12H13NOS/c1-8-3-5-10(6-4-8)12-9(2)15-11(7-14)13-12/h3-6,14H,7H2,1-2H3. The van der Waals surface area contributed by atoms with E-state index in [4.69, 9.17) is 5.11 Å². The third-order valence-corrected chi connectivity index (χ3v) is 3.26. The second kappa shape index (κ2) is 4.13. The van der Waals surface area contributed by atoms with Crippen LogP contribution in [-0.2, 0) is 6.61 Å². The molecule has 0 atom stereocenters. The molecule has 78 valence electrons. The fourth-order valence-electron chi connectivity index (χ4n) is 1.50. The van der Waals surface area contributed by atoms with Crippen LogP contribution in [0, 0.1) is 13.8 Å². The number of aryl methyl sites for hydroxylation is 2. The van der Waals surface area contributed by atoms with Crippen molar-refractivity contribution in [3.05, 3.63) is 39.7 Å².